The van der Waals surface area contributed by atoms with Gasteiger partial charge in [-0.2, -0.15) is 0 Å². The summed E-state index contributed by atoms with van der Waals surface area (Å²) in [6, 6.07) is 26.1. The monoisotopic (exact) mass is 457 g/mol. The van der Waals surface area contributed by atoms with Crippen LogP contribution in [0.3, 0.4) is 0 Å². The molecule has 3 aromatic rings. The fourth-order valence-electron chi connectivity index (χ4n) is 4.44. The molecular weight excluding hydrogens is 426 g/mol. The molecule has 3 aromatic carbocycles. The first-order valence-corrected chi connectivity index (χ1v) is 11.8. The Kier molecular flexibility index (Phi) is 7.60. The lowest BCUT2D eigenvalue weighted by Gasteiger charge is -2.35. The van der Waals surface area contributed by atoms with Crippen LogP contribution in [0.25, 0.3) is 0 Å². The fourth-order valence-corrected chi connectivity index (χ4v) is 4.44. The normalized spacial score (nSPS) is 15.6. The third-order valence-corrected chi connectivity index (χ3v) is 6.54. The molecule has 0 aromatic heterocycles. The number of amides is 2. The van der Waals surface area contributed by atoms with E-state index in [1.54, 1.807) is 24.3 Å². The molecule has 34 heavy (non-hydrogen) atoms. The Morgan fingerprint density at radius 1 is 0.853 bits per heavy atom. The predicted molar refractivity (Wildman–Crippen MR) is 133 cm³/mol. The van der Waals surface area contributed by atoms with Gasteiger partial charge in [-0.05, 0) is 56.1 Å². The minimum Gasteiger partial charge on any atom is -0.506 e. The number of anilines is 1. The highest BCUT2D eigenvalue weighted by molar-refractivity contribution is 5.94. The fraction of sp³-hybridized carbons (Fsp3) is 0.286. The molecule has 2 amide bonds. The molecule has 1 aliphatic heterocycles. The highest BCUT2D eigenvalue weighted by Crippen LogP contribution is 2.26. The van der Waals surface area contributed by atoms with E-state index in [1.165, 1.54) is 0 Å². The van der Waals surface area contributed by atoms with Crippen LogP contribution < -0.4 is 10.6 Å². The van der Waals surface area contributed by atoms with Crippen LogP contribution in [0.2, 0.25) is 0 Å². The van der Waals surface area contributed by atoms with Crippen LogP contribution in [0.5, 0.6) is 5.75 Å². The Morgan fingerprint density at radius 2 is 1.38 bits per heavy atom. The van der Waals surface area contributed by atoms with Gasteiger partial charge in [0, 0.05) is 5.92 Å². The van der Waals surface area contributed by atoms with E-state index in [1.807, 2.05) is 67.6 Å². The number of para-hydroxylation sites is 2. The molecule has 0 saturated carbocycles. The van der Waals surface area contributed by atoms with Crippen molar-refractivity contribution in [1.29, 1.82) is 0 Å². The lowest BCUT2D eigenvalue weighted by molar-refractivity contribution is -0.127. The van der Waals surface area contributed by atoms with E-state index in [9.17, 15) is 14.7 Å². The van der Waals surface area contributed by atoms with E-state index in [0.717, 1.165) is 11.1 Å². The number of likely N-dealkylation sites (tertiary alicyclic amines) is 1. The summed E-state index contributed by atoms with van der Waals surface area (Å²) in [7, 11) is 0. The number of phenols is 1. The zero-order chi connectivity index (χ0) is 23.9. The average molecular weight is 458 g/mol. The molecule has 176 valence electrons. The summed E-state index contributed by atoms with van der Waals surface area (Å²) in [6.07, 6.45) is 1.33. The number of nitrogens with zero attached hydrogens (tertiary/aromatic N) is 1. The SMILES string of the molecule is C[C@H](C(=O)NC(c1ccccc1)c1ccccc1)N1CCC(C(=O)Nc2ccccc2O)CC1. The van der Waals surface area contributed by atoms with Crippen LogP contribution in [0, 0.1) is 5.92 Å². The van der Waals surface area contributed by atoms with Crippen LogP contribution in [-0.4, -0.2) is 41.0 Å². The highest BCUT2D eigenvalue weighted by Gasteiger charge is 2.31. The zero-order valence-electron chi connectivity index (χ0n) is 19.4. The third kappa shape index (κ3) is 5.64. The Morgan fingerprint density at radius 3 is 1.94 bits per heavy atom. The summed E-state index contributed by atoms with van der Waals surface area (Å²) in [6.45, 7) is 3.24. The number of carbonyl (C=O) groups excluding carboxylic acids is 2. The summed E-state index contributed by atoms with van der Waals surface area (Å²) in [5, 5.41) is 16.0. The average Bonchev–Trinajstić information content (AvgIpc) is 2.89. The molecule has 0 unspecified atom stereocenters. The summed E-state index contributed by atoms with van der Waals surface area (Å²) < 4.78 is 0. The Bertz CT molecular complexity index is 1060. The minimum atomic E-state index is -0.308. The van der Waals surface area contributed by atoms with Gasteiger partial charge in [-0.1, -0.05) is 72.8 Å². The molecule has 1 saturated heterocycles. The summed E-state index contributed by atoms with van der Waals surface area (Å²) in [5.41, 5.74) is 2.50. The summed E-state index contributed by atoms with van der Waals surface area (Å²) >= 11 is 0. The van der Waals surface area contributed by atoms with Gasteiger partial charge < -0.3 is 15.7 Å². The van der Waals surface area contributed by atoms with Gasteiger partial charge >= 0.3 is 0 Å². The van der Waals surface area contributed by atoms with Gasteiger partial charge in [0.1, 0.15) is 5.75 Å². The summed E-state index contributed by atoms with van der Waals surface area (Å²) in [5.74, 6) is -0.209. The zero-order valence-corrected chi connectivity index (χ0v) is 19.4. The van der Waals surface area contributed by atoms with Crippen molar-refractivity contribution >= 4 is 17.5 Å². The highest BCUT2D eigenvalue weighted by atomic mass is 16.3. The van der Waals surface area contributed by atoms with Crippen molar-refractivity contribution < 1.29 is 14.7 Å². The maximum absolute atomic E-state index is 13.2. The van der Waals surface area contributed by atoms with E-state index in [4.69, 9.17) is 0 Å². The number of rotatable bonds is 7. The standard InChI is InChI=1S/C28H31N3O3/c1-20(27(33)30-26(21-10-4-2-5-11-21)22-12-6-3-7-13-22)31-18-16-23(17-19-31)28(34)29-24-14-8-9-15-25(24)32/h2-15,20,23,26,32H,16-19H2,1H3,(H,29,34)(H,30,33)/t20-/m1/s1. The molecule has 1 atom stereocenters. The molecule has 0 radical (unpaired) electrons. The maximum Gasteiger partial charge on any atom is 0.237 e. The van der Waals surface area contributed by atoms with Crippen molar-refractivity contribution in [3.05, 3.63) is 96.1 Å². The lowest BCUT2D eigenvalue weighted by atomic mass is 9.94. The number of nitrogens with one attached hydrogen (secondary N) is 2. The molecule has 3 N–H and O–H groups in total. The molecule has 1 aliphatic rings. The van der Waals surface area contributed by atoms with E-state index < -0.39 is 0 Å². The topological polar surface area (TPSA) is 81.7 Å². The molecule has 1 fully saturated rings. The predicted octanol–water partition coefficient (Wildman–Crippen LogP) is 4.34. The van der Waals surface area contributed by atoms with Crippen molar-refractivity contribution in [1.82, 2.24) is 10.2 Å². The van der Waals surface area contributed by atoms with Crippen LogP contribution in [0.4, 0.5) is 5.69 Å². The van der Waals surface area contributed by atoms with Crippen LogP contribution >= 0.6 is 0 Å². The van der Waals surface area contributed by atoms with Crippen molar-refractivity contribution in [2.24, 2.45) is 5.92 Å². The smallest absolute Gasteiger partial charge is 0.237 e. The largest absolute Gasteiger partial charge is 0.506 e. The van der Waals surface area contributed by atoms with Crippen molar-refractivity contribution in [2.45, 2.75) is 31.8 Å². The van der Waals surface area contributed by atoms with Crippen molar-refractivity contribution in [2.75, 3.05) is 18.4 Å². The first-order chi connectivity index (χ1) is 16.5. The Balaban J connectivity index is 1.36. The molecule has 6 nitrogen and oxygen atoms in total. The van der Waals surface area contributed by atoms with Gasteiger partial charge in [0.05, 0.1) is 17.8 Å². The second-order valence-electron chi connectivity index (χ2n) is 8.76. The second-order valence-corrected chi connectivity index (χ2v) is 8.76. The van der Waals surface area contributed by atoms with Crippen molar-refractivity contribution in [3.8, 4) is 5.75 Å². The number of piperidine rings is 1. The molecule has 0 bridgehead atoms. The van der Waals surface area contributed by atoms with Gasteiger partial charge in [-0.3, -0.25) is 14.5 Å². The number of phenolic OH excluding ortho intramolecular Hbond substituents is 1. The Labute approximate surface area is 200 Å². The van der Waals surface area contributed by atoms with Crippen molar-refractivity contribution in [3.63, 3.8) is 0 Å². The van der Waals surface area contributed by atoms with Gasteiger partial charge in [0.25, 0.3) is 0 Å². The van der Waals surface area contributed by atoms with Gasteiger partial charge in [0.15, 0.2) is 0 Å². The molecule has 4 rings (SSSR count). The maximum atomic E-state index is 13.2. The first-order valence-electron chi connectivity index (χ1n) is 11.8. The van der Waals surface area contributed by atoms with Gasteiger partial charge in [0.2, 0.25) is 11.8 Å². The van der Waals surface area contributed by atoms with E-state index in [0.29, 0.717) is 31.6 Å². The van der Waals surface area contributed by atoms with Crippen LogP contribution in [-0.2, 0) is 9.59 Å². The Hall–Kier alpha value is -3.64. The van der Waals surface area contributed by atoms with Crippen LogP contribution in [0.15, 0.2) is 84.9 Å². The number of hydrogen-bond donors (Lipinski definition) is 3. The molecular formula is C28H31N3O3. The molecule has 0 aliphatic carbocycles. The number of benzene rings is 3. The van der Waals surface area contributed by atoms with Gasteiger partial charge in [-0.25, -0.2) is 0 Å². The summed E-state index contributed by atoms with van der Waals surface area (Å²) in [4.78, 5) is 28.0. The van der Waals surface area contributed by atoms with Crippen LogP contribution in [0.1, 0.15) is 36.9 Å². The number of aromatic hydroxyl groups is 1. The van der Waals surface area contributed by atoms with E-state index >= 15 is 0 Å². The van der Waals surface area contributed by atoms with Gasteiger partial charge in [-0.15, -0.1) is 0 Å². The van der Waals surface area contributed by atoms with E-state index in [2.05, 4.69) is 15.5 Å². The minimum absolute atomic E-state index is 0.0326. The number of carbonyl (C=O) groups is 2. The third-order valence-electron chi connectivity index (χ3n) is 6.54. The lowest BCUT2D eigenvalue weighted by Crippen LogP contribution is -2.50. The first kappa shape index (κ1) is 23.5. The molecule has 0 spiro atoms. The quantitative estimate of drug-likeness (QED) is 0.461. The van der Waals surface area contributed by atoms with E-state index in [-0.39, 0.29) is 35.6 Å². The number of hydrogen-bond acceptors (Lipinski definition) is 4. The molecule has 1 heterocycles. The second kappa shape index (κ2) is 11.0. The molecule has 6 heteroatoms.